The Hall–Kier alpha value is -6.04. The summed E-state index contributed by atoms with van der Waals surface area (Å²) in [5.74, 6) is 1.78. The van der Waals surface area contributed by atoms with Gasteiger partial charge in [0.1, 0.15) is 5.69 Å². The van der Waals surface area contributed by atoms with Crippen molar-refractivity contribution in [1.82, 2.24) is 19.9 Å². The molecule has 0 saturated carbocycles. The summed E-state index contributed by atoms with van der Waals surface area (Å²) in [7, 11) is 0. The number of fused-ring (bicyclic) bond motifs is 4. The monoisotopic (exact) mass is 618 g/mol. The summed E-state index contributed by atoms with van der Waals surface area (Å²) >= 11 is 1.79. The molecule has 9 aromatic rings. The summed E-state index contributed by atoms with van der Waals surface area (Å²) in [4.78, 5) is 20.4. The summed E-state index contributed by atoms with van der Waals surface area (Å²) in [5, 5.41) is 3.43. The van der Waals surface area contributed by atoms with Gasteiger partial charge >= 0.3 is 0 Å². The molecule has 0 atom stereocenters. The highest BCUT2D eigenvalue weighted by Crippen LogP contribution is 2.40. The predicted molar refractivity (Wildman–Crippen MR) is 195 cm³/mol. The zero-order chi connectivity index (χ0) is 31.2. The predicted octanol–water partition coefficient (Wildman–Crippen LogP) is 11.1. The lowest BCUT2D eigenvalue weighted by Crippen LogP contribution is -2.01. The van der Waals surface area contributed by atoms with Gasteiger partial charge in [0, 0.05) is 36.7 Å². The number of thiophene rings is 1. The van der Waals surface area contributed by atoms with Gasteiger partial charge < -0.3 is 0 Å². The Labute approximate surface area is 275 Å². The highest BCUT2D eigenvalue weighted by molar-refractivity contribution is 7.25. The second kappa shape index (κ2) is 11.4. The highest BCUT2D eigenvalue weighted by Gasteiger charge is 2.18. The van der Waals surface area contributed by atoms with E-state index in [4.69, 9.17) is 19.9 Å². The molecule has 0 aliphatic carbocycles. The van der Waals surface area contributed by atoms with Crippen molar-refractivity contribution >= 4 is 42.4 Å². The Morgan fingerprint density at radius 3 is 1.85 bits per heavy atom. The number of nitrogens with zero attached hydrogens (tertiary/aromatic N) is 4. The van der Waals surface area contributed by atoms with Gasteiger partial charge in [0.15, 0.2) is 17.5 Å². The zero-order valence-electron chi connectivity index (χ0n) is 25.2. The lowest BCUT2D eigenvalue weighted by molar-refractivity contribution is 1.06. The van der Waals surface area contributed by atoms with E-state index in [2.05, 4.69) is 140 Å². The van der Waals surface area contributed by atoms with Gasteiger partial charge in [-0.2, -0.15) is 0 Å². The van der Waals surface area contributed by atoms with Crippen molar-refractivity contribution in [1.29, 1.82) is 0 Å². The maximum atomic E-state index is 5.13. The third-order valence-corrected chi connectivity index (χ3v) is 9.67. The fourth-order valence-corrected chi connectivity index (χ4v) is 7.36. The maximum Gasteiger partial charge on any atom is 0.182 e. The van der Waals surface area contributed by atoms with Crippen molar-refractivity contribution in [3.63, 3.8) is 0 Å². The first-order valence-electron chi connectivity index (χ1n) is 15.6. The molecule has 0 spiro atoms. The van der Waals surface area contributed by atoms with Gasteiger partial charge in [-0.1, -0.05) is 121 Å². The average molecular weight is 619 g/mol. The van der Waals surface area contributed by atoms with E-state index < -0.39 is 0 Å². The van der Waals surface area contributed by atoms with E-state index in [0.717, 1.165) is 44.1 Å². The Bertz CT molecular complexity index is 2580. The smallest absolute Gasteiger partial charge is 0.182 e. The van der Waals surface area contributed by atoms with E-state index >= 15 is 0 Å². The first-order chi connectivity index (χ1) is 23.3. The average Bonchev–Trinajstić information content (AvgIpc) is 3.54. The Morgan fingerprint density at radius 1 is 0.383 bits per heavy atom. The highest BCUT2D eigenvalue weighted by atomic mass is 32.1. The van der Waals surface area contributed by atoms with Crippen molar-refractivity contribution in [2.75, 3.05) is 0 Å². The van der Waals surface area contributed by atoms with Gasteiger partial charge in [0.25, 0.3) is 0 Å². The van der Waals surface area contributed by atoms with E-state index in [-0.39, 0.29) is 0 Å². The molecule has 0 aliphatic rings. The van der Waals surface area contributed by atoms with Crippen LogP contribution in [-0.4, -0.2) is 19.9 Å². The van der Waals surface area contributed by atoms with Crippen molar-refractivity contribution < 1.29 is 0 Å². The third kappa shape index (κ3) is 5.03. The van der Waals surface area contributed by atoms with Crippen molar-refractivity contribution in [3.8, 4) is 56.5 Å². The van der Waals surface area contributed by atoms with E-state index in [9.17, 15) is 0 Å². The molecule has 0 saturated heterocycles. The van der Waals surface area contributed by atoms with E-state index in [1.165, 1.54) is 20.3 Å². The molecular formula is C42H26N4S. The molecule has 6 aromatic carbocycles. The molecule has 0 aliphatic heterocycles. The topological polar surface area (TPSA) is 51.6 Å². The molecule has 0 fully saturated rings. The molecule has 3 heterocycles. The van der Waals surface area contributed by atoms with E-state index in [0.29, 0.717) is 23.2 Å². The number of benzene rings is 6. The normalized spacial score (nSPS) is 11.4. The first-order valence-corrected chi connectivity index (χ1v) is 16.4. The van der Waals surface area contributed by atoms with Crippen LogP contribution in [0.15, 0.2) is 158 Å². The van der Waals surface area contributed by atoms with Crippen LogP contribution in [-0.2, 0) is 0 Å². The number of hydrogen-bond donors (Lipinski definition) is 0. The fraction of sp³-hybridized carbons (Fsp3) is 0. The van der Waals surface area contributed by atoms with Crippen LogP contribution in [0, 0.1) is 0 Å². The first kappa shape index (κ1) is 27.3. The summed E-state index contributed by atoms with van der Waals surface area (Å²) in [6.45, 7) is 0. The molecule has 0 amide bonds. The van der Waals surface area contributed by atoms with Gasteiger partial charge in [0.2, 0.25) is 0 Å². The lowest BCUT2D eigenvalue weighted by atomic mass is 10.0. The van der Waals surface area contributed by atoms with Crippen molar-refractivity contribution in [2.24, 2.45) is 0 Å². The third-order valence-electron chi connectivity index (χ3n) is 8.53. The molecule has 3 aromatic heterocycles. The summed E-state index contributed by atoms with van der Waals surface area (Å²) in [6, 6.07) is 54.6. The van der Waals surface area contributed by atoms with Crippen LogP contribution in [0.25, 0.3) is 87.6 Å². The zero-order valence-corrected chi connectivity index (χ0v) is 26.0. The quantitative estimate of drug-likeness (QED) is 0.193. The standard InChI is InChI=1S/C42H26N4S/c1-3-11-27(12-4-1)29-15-9-16-32(26-29)40-44-41(34-18-10-20-38-39(34)33-17-7-8-19-37(33)47-38)46-42(45-40)36-24-22-31-25-30(21-23-35(31)43-36)28-13-5-2-6-14-28/h1-26H. The fourth-order valence-electron chi connectivity index (χ4n) is 6.23. The molecule has 0 N–H and O–H groups in total. The Morgan fingerprint density at radius 2 is 1.02 bits per heavy atom. The van der Waals surface area contributed by atoms with Gasteiger partial charge in [-0.3, -0.25) is 0 Å². The molecule has 9 rings (SSSR count). The minimum absolute atomic E-state index is 0.542. The molecule has 47 heavy (non-hydrogen) atoms. The van der Waals surface area contributed by atoms with Crippen LogP contribution >= 0.6 is 11.3 Å². The van der Waals surface area contributed by atoms with Crippen LogP contribution in [0.2, 0.25) is 0 Å². The molecule has 0 radical (unpaired) electrons. The summed E-state index contributed by atoms with van der Waals surface area (Å²) in [6.07, 6.45) is 0. The van der Waals surface area contributed by atoms with Crippen molar-refractivity contribution in [2.45, 2.75) is 0 Å². The largest absolute Gasteiger partial charge is 0.244 e. The number of hydrogen-bond acceptors (Lipinski definition) is 5. The van der Waals surface area contributed by atoms with Crippen LogP contribution in [0.5, 0.6) is 0 Å². The van der Waals surface area contributed by atoms with Gasteiger partial charge in [-0.25, -0.2) is 19.9 Å². The van der Waals surface area contributed by atoms with Crippen LogP contribution in [0.3, 0.4) is 0 Å². The minimum atomic E-state index is 0.542. The molecule has 0 bridgehead atoms. The SMILES string of the molecule is c1ccc(-c2cccc(-c3nc(-c4ccc5cc(-c6ccccc6)ccc5n4)nc(-c4cccc5sc6ccccc6c45)n3)c2)cc1. The maximum absolute atomic E-state index is 5.13. The van der Waals surface area contributed by atoms with Gasteiger partial charge in [-0.15, -0.1) is 11.3 Å². The summed E-state index contributed by atoms with van der Waals surface area (Å²) < 4.78 is 2.45. The Balaban J connectivity index is 1.23. The van der Waals surface area contributed by atoms with E-state index in [1.807, 2.05) is 18.2 Å². The van der Waals surface area contributed by atoms with Gasteiger partial charge in [-0.05, 0) is 58.7 Å². The van der Waals surface area contributed by atoms with Crippen LogP contribution in [0.1, 0.15) is 0 Å². The number of aromatic nitrogens is 4. The van der Waals surface area contributed by atoms with Gasteiger partial charge in [0.05, 0.1) is 5.52 Å². The second-order valence-corrected chi connectivity index (χ2v) is 12.6. The molecule has 4 nitrogen and oxygen atoms in total. The minimum Gasteiger partial charge on any atom is -0.244 e. The van der Waals surface area contributed by atoms with Crippen molar-refractivity contribution in [3.05, 3.63) is 158 Å². The second-order valence-electron chi connectivity index (χ2n) is 11.5. The summed E-state index contributed by atoms with van der Waals surface area (Å²) in [5.41, 5.74) is 8.09. The van der Waals surface area contributed by atoms with Crippen LogP contribution < -0.4 is 0 Å². The molecule has 220 valence electrons. The Kier molecular flexibility index (Phi) is 6.61. The molecular weight excluding hydrogens is 593 g/mol. The van der Waals surface area contributed by atoms with E-state index in [1.54, 1.807) is 11.3 Å². The molecule has 0 unspecified atom stereocenters. The number of pyridine rings is 1. The lowest BCUT2D eigenvalue weighted by Gasteiger charge is -2.11. The van der Waals surface area contributed by atoms with Crippen LogP contribution in [0.4, 0.5) is 0 Å². The molecule has 5 heteroatoms. The number of rotatable bonds is 5.